The molecular weight excluding hydrogens is 298 g/mol. The lowest BCUT2D eigenvalue weighted by Crippen LogP contribution is -2.14. The van der Waals surface area contributed by atoms with Crippen LogP contribution < -0.4 is 5.32 Å². The number of aromatic nitrogens is 2. The summed E-state index contributed by atoms with van der Waals surface area (Å²) in [5.74, 6) is 0.841. The van der Waals surface area contributed by atoms with E-state index in [1.807, 2.05) is 47.9 Å². The number of nitrogens with zero attached hydrogens (tertiary/aromatic N) is 2. The first-order valence-corrected chi connectivity index (χ1v) is 8.48. The van der Waals surface area contributed by atoms with Crippen LogP contribution in [0.3, 0.4) is 0 Å². The molecule has 3 rings (SSSR count). The number of nitrogens with one attached hydrogen (secondary N) is 1. The fraction of sp³-hybridized carbons (Fsp3) is 0.300. The molecule has 0 saturated heterocycles. The molecule has 1 amide bonds. The van der Waals surface area contributed by atoms with Gasteiger partial charge in [0.25, 0.3) is 0 Å². The van der Waals surface area contributed by atoms with E-state index in [9.17, 15) is 4.79 Å². The molecule has 3 aromatic rings. The molecule has 0 atom stereocenters. The number of anilines is 1. The van der Waals surface area contributed by atoms with Gasteiger partial charge < -0.3 is 5.32 Å². The van der Waals surface area contributed by atoms with Gasteiger partial charge in [-0.25, -0.2) is 4.98 Å². The quantitative estimate of drug-likeness (QED) is 0.733. The molecule has 4 nitrogen and oxygen atoms in total. The largest absolute Gasteiger partial charge is 0.310 e. The highest BCUT2D eigenvalue weighted by molar-refractivity contribution is 5.91. The lowest BCUT2D eigenvalue weighted by molar-refractivity contribution is -0.116. The van der Waals surface area contributed by atoms with Crippen LogP contribution in [0.15, 0.2) is 48.7 Å². The lowest BCUT2D eigenvalue weighted by atomic mass is 10.1. The topological polar surface area (TPSA) is 46.4 Å². The number of hydrogen-bond donors (Lipinski definition) is 1. The number of pyridine rings is 1. The van der Waals surface area contributed by atoms with Crippen LogP contribution in [0.5, 0.6) is 0 Å². The van der Waals surface area contributed by atoms with Crippen LogP contribution in [0.25, 0.3) is 5.65 Å². The van der Waals surface area contributed by atoms with E-state index in [2.05, 4.69) is 24.4 Å². The lowest BCUT2D eigenvalue weighted by Gasteiger charge is -2.08. The van der Waals surface area contributed by atoms with Crippen molar-refractivity contribution < 1.29 is 4.79 Å². The fourth-order valence-electron chi connectivity index (χ4n) is 2.78. The summed E-state index contributed by atoms with van der Waals surface area (Å²) >= 11 is 0. The van der Waals surface area contributed by atoms with Crippen molar-refractivity contribution in [3.05, 3.63) is 65.5 Å². The average Bonchev–Trinajstić information content (AvgIpc) is 2.91. The predicted molar refractivity (Wildman–Crippen MR) is 97.3 cm³/mol. The van der Waals surface area contributed by atoms with E-state index in [1.54, 1.807) is 0 Å². The van der Waals surface area contributed by atoms with Crippen molar-refractivity contribution in [2.45, 2.75) is 39.5 Å². The second-order valence-electron chi connectivity index (χ2n) is 6.16. The summed E-state index contributed by atoms with van der Waals surface area (Å²) in [6, 6.07) is 14.2. The number of carbonyl (C=O) groups excluding carboxylic acids is 1. The molecule has 0 unspecified atom stereocenters. The van der Waals surface area contributed by atoms with Gasteiger partial charge in [-0.3, -0.25) is 9.20 Å². The van der Waals surface area contributed by atoms with Crippen molar-refractivity contribution in [3.63, 3.8) is 0 Å². The SMILES string of the molecule is CCCCC(=O)Nc1c(Cc2ccccc2)nc2ccc(C)cn12. The van der Waals surface area contributed by atoms with E-state index in [4.69, 9.17) is 4.98 Å². The van der Waals surface area contributed by atoms with Crippen LogP contribution in [0.4, 0.5) is 5.82 Å². The molecule has 124 valence electrons. The first-order valence-electron chi connectivity index (χ1n) is 8.48. The Balaban J connectivity index is 1.97. The minimum Gasteiger partial charge on any atom is -0.310 e. The van der Waals surface area contributed by atoms with Gasteiger partial charge in [-0.15, -0.1) is 0 Å². The summed E-state index contributed by atoms with van der Waals surface area (Å²) in [4.78, 5) is 17.0. The summed E-state index contributed by atoms with van der Waals surface area (Å²) < 4.78 is 1.98. The van der Waals surface area contributed by atoms with Crippen molar-refractivity contribution in [2.24, 2.45) is 0 Å². The number of carbonyl (C=O) groups is 1. The number of aryl methyl sites for hydroxylation is 1. The van der Waals surface area contributed by atoms with Crippen molar-refractivity contribution in [3.8, 4) is 0 Å². The van der Waals surface area contributed by atoms with Gasteiger partial charge in [0, 0.05) is 19.0 Å². The van der Waals surface area contributed by atoms with Crippen molar-refractivity contribution >= 4 is 17.4 Å². The Kier molecular flexibility index (Phi) is 4.94. The third-order valence-electron chi connectivity index (χ3n) is 4.07. The van der Waals surface area contributed by atoms with E-state index < -0.39 is 0 Å². The zero-order valence-corrected chi connectivity index (χ0v) is 14.2. The molecule has 0 aliphatic carbocycles. The molecule has 0 aliphatic heterocycles. The summed E-state index contributed by atoms with van der Waals surface area (Å²) in [5.41, 5.74) is 4.07. The van der Waals surface area contributed by atoms with Gasteiger partial charge >= 0.3 is 0 Å². The molecule has 0 bridgehead atoms. The van der Waals surface area contributed by atoms with Crippen LogP contribution in [-0.4, -0.2) is 15.3 Å². The number of rotatable bonds is 6. The van der Waals surface area contributed by atoms with Crippen LogP contribution >= 0.6 is 0 Å². The van der Waals surface area contributed by atoms with Crippen molar-refractivity contribution in [1.29, 1.82) is 0 Å². The Bertz CT molecular complexity index is 837. The zero-order chi connectivity index (χ0) is 16.9. The number of imidazole rings is 1. The molecule has 1 N–H and O–H groups in total. The van der Waals surface area contributed by atoms with Gasteiger partial charge in [-0.2, -0.15) is 0 Å². The molecule has 0 saturated carbocycles. The highest BCUT2D eigenvalue weighted by atomic mass is 16.1. The highest BCUT2D eigenvalue weighted by Crippen LogP contribution is 2.22. The maximum Gasteiger partial charge on any atom is 0.225 e. The van der Waals surface area contributed by atoms with E-state index in [0.717, 1.165) is 35.6 Å². The fourth-order valence-corrected chi connectivity index (χ4v) is 2.78. The Morgan fingerprint density at radius 1 is 1.17 bits per heavy atom. The molecule has 2 aromatic heterocycles. The third kappa shape index (κ3) is 3.65. The smallest absolute Gasteiger partial charge is 0.225 e. The van der Waals surface area contributed by atoms with Crippen LogP contribution in [0, 0.1) is 6.92 Å². The van der Waals surface area contributed by atoms with Gasteiger partial charge in [-0.05, 0) is 30.5 Å². The van der Waals surface area contributed by atoms with Crippen LogP contribution in [-0.2, 0) is 11.2 Å². The van der Waals surface area contributed by atoms with Gasteiger partial charge in [0.05, 0.1) is 5.69 Å². The molecular formula is C20H23N3O. The first kappa shape index (κ1) is 16.2. The van der Waals surface area contributed by atoms with Gasteiger partial charge in [0.1, 0.15) is 11.5 Å². The molecule has 0 spiro atoms. The van der Waals surface area contributed by atoms with Gasteiger partial charge in [-0.1, -0.05) is 49.7 Å². The molecule has 4 heteroatoms. The third-order valence-corrected chi connectivity index (χ3v) is 4.07. The predicted octanol–water partition coefficient (Wildman–Crippen LogP) is 4.36. The Morgan fingerprint density at radius 3 is 2.71 bits per heavy atom. The molecule has 2 heterocycles. The zero-order valence-electron chi connectivity index (χ0n) is 14.2. The molecule has 0 aliphatic rings. The van der Waals surface area contributed by atoms with E-state index in [0.29, 0.717) is 12.8 Å². The first-order chi connectivity index (χ1) is 11.7. The standard InChI is InChI=1S/C20H23N3O/c1-3-4-10-19(24)22-20-17(13-16-8-6-5-7-9-16)21-18-12-11-15(2)14-23(18)20/h5-9,11-12,14H,3-4,10,13H2,1-2H3,(H,22,24). The summed E-state index contributed by atoms with van der Waals surface area (Å²) in [6.07, 6.45) is 5.17. The molecule has 24 heavy (non-hydrogen) atoms. The average molecular weight is 321 g/mol. The molecule has 1 aromatic carbocycles. The number of amides is 1. The maximum atomic E-state index is 12.3. The van der Waals surface area contributed by atoms with Gasteiger partial charge in [0.15, 0.2) is 0 Å². The Morgan fingerprint density at radius 2 is 1.96 bits per heavy atom. The van der Waals surface area contributed by atoms with E-state index >= 15 is 0 Å². The summed E-state index contributed by atoms with van der Waals surface area (Å²) in [5, 5.41) is 3.08. The normalized spacial score (nSPS) is 10.9. The number of benzene rings is 1. The number of hydrogen-bond acceptors (Lipinski definition) is 2. The minimum absolute atomic E-state index is 0.0504. The Labute approximate surface area is 142 Å². The van der Waals surface area contributed by atoms with Crippen LogP contribution in [0.1, 0.15) is 43.0 Å². The highest BCUT2D eigenvalue weighted by Gasteiger charge is 2.15. The monoisotopic (exact) mass is 321 g/mol. The van der Waals surface area contributed by atoms with Gasteiger partial charge in [0.2, 0.25) is 5.91 Å². The number of unbranched alkanes of at least 4 members (excludes halogenated alkanes) is 1. The van der Waals surface area contributed by atoms with Crippen LogP contribution in [0.2, 0.25) is 0 Å². The second kappa shape index (κ2) is 7.30. The summed E-state index contributed by atoms with van der Waals surface area (Å²) in [7, 11) is 0. The van der Waals surface area contributed by atoms with Crippen molar-refractivity contribution in [2.75, 3.05) is 5.32 Å². The number of fused-ring (bicyclic) bond motifs is 1. The minimum atomic E-state index is 0.0504. The summed E-state index contributed by atoms with van der Waals surface area (Å²) in [6.45, 7) is 4.13. The van der Waals surface area contributed by atoms with E-state index in [1.165, 1.54) is 5.56 Å². The van der Waals surface area contributed by atoms with E-state index in [-0.39, 0.29) is 5.91 Å². The van der Waals surface area contributed by atoms with Crippen molar-refractivity contribution in [1.82, 2.24) is 9.38 Å². The molecule has 0 fully saturated rings. The second-order valence-corrected chi connectivity index (χ2v) is 6.16. The molecule has 0 radical (unpaired) electrons. The Hall–Kier alpha value is -2.62. The maximum absolute atomic E-state index is 12.3.